The van der Waals surface area contributed by atoms with E-state index in [1.54, 1.807) is 0 Å². The fraction of sp³-hybridized carbons (Fsp3) is 0.480. The topological polar surface area (TPSA) is 35.6 Å². The molecule has 0 spiro atoms. The first-order valence-corrected chi connectivity index (χ1v) is 10.8. The van der Waals surface area contributed by atoms with Gasteiger partial charge < -0.3 is 10.2 Å². The van der Waals surface area contributed by atoms with E-state index in [1.165, 1.54) is 11.1 Å². The molecule has 2 aromatic rings. The zero-order valence-electron chi connectivity index (χ0n) is 18.2. The van der Waals surface area contributed by atoms with Gasteiger partial charge in [-0.1, -0.05) is 62.4 Å². The highest BCUT2D eigenvalue weighted by Crippen LogP contribution is 2.12. The molecule has 1 fully saturated rings. The smallest absolute Gasteiger partial charge is 0.224 e. The van der Waals surface area contributed by atoms with Gasteiger partial charge in [-0.15, -0.1) is 0 Å². The van der Waals surface area contributed by atoms with E-state index in [-0.39, 0.29) is 5.91 Å². The van der Waals surface area contributed by atoms with E-state index in [0.717, 1.165) is 50.3 Å². The lowest BCUT2D eigenvalue weighted by Gasteiger charge is -2.32. The second-order valence-electron chi connectivity index (χ2n) is 8.77. The molecule has 29 heavy (non-hydrogen) atoms. The van der Waals surface area contributed by atoms with E-state index in [1.807, 2.05) is 0 Å². The van der Waals surface area contributed by atoms with Crippen LogP contribution in [-0.2, 0) is 30.7 Å². The summed E-state index contributed by atoms with van der Waals surface area (Å²) in [6, 6.07) is 17.0. The van der Waals surface area contributed by atoms with Crippen LogP contribution in [0.1, 0.15) is 36.1 Å². The summed E-state index contributed by atoms with van der Waals surface area (Å²) in [5.74, 6) is 0.724. The summed E-state index contributed by atoms with van der Waals surface area (Å²) in [6.45, 7) is 10.5. The maximum atomic E-state index is 12.4. The highest BCUT2D eigenvalue weighted by Gasteiger charge is 2.14. The summed E-state index contributed by atoms with van der Waals surface area (Å²) in [6.07, 6.45) is 1.51. The number of likely N-dealkylation sites (N-methyl/N-ethyl adjacent to an activating group) is 1. The van der Waals surface area contributed by atoms with Gasteiger partial charge in [-0.3, -0.25) is 9.69 Å². The van der Waals surface area contributed by atoms with Crippen molar-refractivity contribution in [3.05, 3.63) is 70.8 Å². The Hall–Kier alpha value is -2.17. The summed E-state index contributed by atoms with van der Waals surface area (Å²) in [5, 5.41) is 3.07. The lowest BCUT2D eigenvalue weighted by atomic mass is 10.0. The molecule has 1 amide bonds. The van der Waals surface area contributed by atoms with Crippen LogP contribution in [0.4, 0.5) is 0 Å². The third kappa shape index (κ3) is 7.30. The number of carbonyl (C=O) groups is 1. The van der Waals surface area contributed by atoms with E-state index in [9.17, 15) is 4.79 Å². The van der Waals surface area contributed by atoms with Crippen molar-refractivity contribution in [2.24, 2.45) is 5.92 Å². The zero-order valence-corrected chi connectivity index (χ0v) is 18.2. The highest BCUT2D eigenvalue weighted by atomic mass is 16.1. The van der Waals surface area contributed by atoms with Crippen LogP contribution in [0.25, 0.3) is 0 Å². The van der Waals surface area contributed by atoms with Gasteiger partial charge in [-0.25, -0.2) is 0 Å². The number of nitrogens with one attached hydrogen (secondary N) is 1. The van der Waals surface area contributed by atoms with E-state index < -0.39 is 0 Å². The Bertz CT molecular complexity index is 777. The largest absolute Gasteiger partial charge is 0.352 e. The summed E-state index contributed by atoms with van der Waals surface area (Å²) in [5.41, 5.74) is 4.89. The number of hydrogen-bond donors (Lipinski definition) is 1. The fourth-order valence-electron chi connectivity index (χ4n) is 3.82. The molecule has 1 saturated heterocycles. The van der Waals surface area contributed by atoms with Gasteiger partial charge in [0.15, 0.2) is 0 Å². The highest BCUT2D eigenvalue weighted by molar-refractivity contribution is 5.78. The molecule has 2 aromatic carbocycles. The third-order valence-electron chi connectivity index (χ3n) is 5.51. The van der Waals surface area contributed by atoms with Crippen LogP contribution in [0.5, 0.6) is 0 Å². The molecule has 4 heteroatoms. The van der Waals surface area contributed by atoms with Crippen molar-refractivity contribution in [2.45, 2.75) is 39.8 Å². The molecular weight excluding hydrogens is 358 g/mol. The minimum Gasteiger partial charge on any atom is -0.352 e. The first-order chi connectivity index (χ1) is 14.0. The lowest BCUT2D eigenvalue weighted by molar-refractivity contribution is -0.120. The summed E-state index contributed by atoms with van der Waals surface area (Å²) in [4.78, 5) is 17.2. The number of benzene rings is 2. The van der Waals surface area contributed by atoms with E-state index in [0.29, 0.717) is 18.9 Å². The van der Waals surface area contributed by atoms with Crippen LogP contribution in [0.15, 0.2) is 48.5 Å². The molecule has 0 saturated carbocycles. The third-order valence-corrected chi connectivity index (χ3v) is 5.51. The van der Waals surface area contributed by atoms with Gasteiger partial charge in [0, 0.05) is 39.3 Å². The van der Waals surface area contributed by atoms with Crippen LogP contribution < -0.4 is 5.32 Å². The Morgan fingerprint density at radius 2 is 1.59 bits per heavy atom. The van der Waals surface area contributed by atoms with Gasteiger partial charge >= 0.3 is 0 Å². The number of rotatable bonds is 8. The monoisotopic (exact) mass is 393 g/mol. The first-order valence-electron chi connectivity index (χ1n) is 10.8. The Balaban J connectivity index is 1.46. The first kappa shape index (κ1) is 21.5. The fourth-order valence-corrected chi connectivity index (χ4v) is 3.82. The predicted molar refractivity (Wildman–Crippen MR) is 120 cm³/mol. The molecule has 3 rings (SSSR count). The number of carbonyl (C=O) groups excluding carboxylic acids is 1. The van der Waals surface area contributed by atoms with Gasteiger partial charge in [0.2, 0.25) is 5.91 Å². The van der Waals surface area contributed by atoms with Crippen molar-refractivity contribution in [2.75, 3.05) is 33.2 Å². The Morgan fingerprint density at radius 3 is 2.28 bits per heavy atom. The molecule has 1 N–H and O–H groups in total. The molecule has 0 unspecified atom stereocenters. The van der Waals surface area contributed by atoms with Crippen LogP contribution >= 0.6 is 0 Å². The predicted octanol–water partition coefficient (Wildman–Crippen LogP) is 3.49. The average Bonchev–Trinajstić information content (AvgIpc) is 2.70. The second kappa shape index (κ2) is 10.6. The molecule has 1 aliphatic rings. The molecule has 0 radical (unpaired) electrons. The molecule has 1 aliphatic heterocycles. The van der Waals surface area contributed by atoms with E-state index in [4.69, 9.17) is 0 Å². The molecule has 0 atom stereocenters. The average molecular weight is 394 g/mol. The quantitative estimate of drug-likeness (QED) is 0.746. The zero-order chi connectivity index (χ0) is 20.6. The van der Waals surface area contributed by atoms with Crippen LogP contribution in [0.3, 0.4) is 0 Å². The number of piperazine rings is 1. The summed E-state index contributed by atoms with van der Waals surface area (Å²) in [7, 11) is 2.18. The number of amides is 1. The van der Waals surface area contributed by atoms with Gasteiger partial charge in [-0.05, 0) is 41.6 Å². The second-order valence-corrected chi connectivity index (χ2v) is 8.77. The van der Waals surface area contributed by atoms with Crippen LogP contribution in [0, 0.1) is 5.92 Å². The van der Waals surface area contributed by atoms with Crippen molar-refractivity contribution in [1.82, 2.24) is 15.1 Å². The summed E-state index contributed by atoms with van der Waals surface area (Å²) >= 11 is 0. The molecule has 4 nitrogen and oxygen atoms in total. The van der Waals surface area contributed by atoms with Gasteiger partial charge in [0.1, 0.15) is 0 Å². The van der Waals surface area contributed by atoms with Gasteiger partial charge in [0.25, 0.3) is 0 Å². The summed E-state index contributed by atoms with van der Waals surface area (Å²) < 4.78 is 0. The normalized spacial score (nSPS) is 15.6. The maximum Gasteiger partial charge on any atom is 0.224 e. The number of hydrogen-bond acceptors (Lipinski definition) is 3. The van der Waals surface area contributed by atoms with Crippen LogP contribution in [0.2, 0.25) is 0 Å². The SMILES string of the molecule is CC(C)Cc1ccc(CC(=O)NCc2cccc(CN3CCN(C)CC3)c2)cc1. The molecule has 0 aromatic heterocycles. The van der Waals surface area contributed by atoms with Crippen LogP contribution in [-0.4, -0.2) is 48.9 Å². The van der Waals surface area contributed by atoms with Crippen molar-refractivity contribution in [1.29, 1.82) is 0 Å². The minimum absolute atomic E-state index is 0.0751. The molecule has 1 heterocycles. The molecule has 156 valence electrons. The van der Waals surface area contributed by atoms with Gasteiger partial charge in [-0.2, -0.15) is 0 Å². The van der Waals surface area contributed by atoms with E-state index >= 15 is 0 Å². The Labute approximate surface area is 175 Å². The minimum atomic E-state index is 0.0751. The van der Waals surface area contributed by atoms with Crippen molar-refractivity contribution in [3.8, 4) is 0 Å². The molecular formula is C25H35N3O. The van der Waals surface area contributed by atoms with Crippen molar-refractivity contribution in [3.63, 3.8) is 0 Å². The Kier molecular flexibility index (Phi) is 7.84. The van der Waals surface area contributed by atoms with E-state index in [2.05, 4.69) is 84.5 Å². The van der Waals surface area contributed by atoms with Gasteiger partial charge in [0.05, 0.1) is 6.42 Å². The standard InChI is InChI=1S/C25H35N3O/c1-20(2)15-21-7-9-22(10-8-21)17-25(29)26-18-23-5-4-6-24(16-23)19-28-13-11-27(3)12-14-28/h4-10,16,20H,11-15,17-19H2,1-3H3,(H,26,29). The number of nitrogens with zero attached hydrogens (tertiary/aromatic N) is 2. The van der Waals surface area contributed by atoms with Crippen molar-refractivity contribution < 1.29 is 4.79 Å². The Morgan fingerprint density at radius 1 is 0.931 bits per heavy atom. The molecule has 0 aliphatic carbocycles. The lowest BCUT2D eigenvalue weighted by Crippen LogP contribution is -2.43. The molecule has 0 bridgehead atoms. The maximum absolute atomic E-state index is 12.4. The van der Waals surface area contributed by atoms with Crippen molar-refractivity contribution >= 4 is 5.91 Å².